The van der Waals surface area contributed by atoms with Crippen LogP contribution < -0.4 is 0 Å². The molecule has 0 aromatic rings. The maximum absolute atomic E-state index is 6.40. The van der Waals surface area contributed by atoms with Gasteiger partial charge in [0.25, 0.3) is 0 Å². The fourth-order valence-corrected chi connectivity index (χ4v) is 8.15. The summed E-state index contributed by atoms with van der Waals surface area (Å²) < 4.78 is 0. The van der Waals surface area contributed by atoms with Crippen LogP contribution in [0.1, 0.15) is 225 Å². The lowest BCUT2D eigenvalue weighted by Crippen LogP contribution is -2.14. The Balaban J connectivity index is 3.04. The quantitative estimate of drug-likeness (QED) is 0.0272. The molecule has 0 aromatic carbocycles. The van der Waals surface area contributed by atoms with Crippen molar-refractivity contribution in [3.05, 3.63) is 0 Å². The van der Waals surface area contributed by atoms with E-state index in [0.29, 0.717) is 0 Å². The first-order chi connectivity index (χ1) is 20.6. The van der Waals surface area contributed by atoms with E-state index in [-0.39, 0.29) is 0 Å². The predicted molar refractivity (Wildman–Crippen MR) is 200 cm³/mol. The van der Waals surface area contributed by atoms with Crippen molar-refractivity contribution in [1.29, 1.82) is 0 Å². The highest BCUT2D eigenvalue weighted by molar-refractivity contribution is 7.19. The summed E-state index contributed by atoms with van der Waals surface area (Å²) in [5.74, 6) is 0.845. The van der Waals surface area contributed by atoms with E-state index in [2.05, 4.69) is 13.1 Å². The number of unbranched alkanes of at least 4 members (excludes halogenated alkanes) is 34. The van der Waals surface area contributed by atoms with E-state index < -0.39 is 7.38 Å². The van der Waals surface area contributed by atoms with Crippen LogP contribution in [-0.2, 0) is 0 Å². The minimum Gasteiger partial charge on any atom is -0.168 e. The predicted octanol–water partition coefficient (Wildman–Crippen LogP) is 16.3. The van der Waals surface area contributed by atoms with Crippen LogP contribution in [0.15, 0.2) is 0 Å². The van der Waals surface area contributed by atoms with Gasteiger partial charge in [0.15, 0.2) is 0 Å². The van der Waals surface area contributed by atoms with Gasteiger partial charge in [-0.1, -0.05) is 231 Å². The molecule has 0 bridgehead atoms. The van der Waals surface area contributed by atoms with Gasteiger partial charge in [-0.05, 0) is 12.5 Å². The van der Waals surface area contributed by atoms with Crippen LogP contribution in [0.3, 0.4) is 0 Å². The highest BCUT2D eigenvalue weighted by Crippen LogP contribution is 2.20. The van der Waals surface area contributed by atoms with Crippen molar-refractivity contribution in [2.75, 3.05) is 5.88 Å². The highest BCUT2D eigenvalue weighted by atomic mass is 35.6. The van der Waals surface area contributed by atoms with Gasteiger partial charge < -0.3 is 0 Å². The first-order valence-corrected chi connectivity index (χ1v) is 24.6. The number of hydrogen-bond donors (Lipinski definition) is 0. The molecule has 0 nitrogen and oxygen atoms in total. The second-order valence-corrected chi connectivity index (χ2v) is 21.9. The van der Waals surface area contributed by atoms with Gasteiger partial charge in [0, 0.05) is 5.88 Å². The lowest BCUT2D eigenvalue weighted by molar-refractivity contribution is 0.511. The minimum absolute atomic E-state index is 0.845. The monoisotopic (exact) mass is 647 g/mol. The fraction of sp³-hybridized carbons (Fsp3) is 1.00. The Morgan fingerprint density at radius 3 is 0.548 bits per heavy atom. The summed E-state index contributed by atoms with van der Waals surface area (Å²) >= 11 is 12.1. The van der Waals surface area contributed by atoms with Crippen molar-refractivity contribution in [2.24, 2.45) is 0 Å². The Labute approximate surface area is 278 Å². The molecule has 0 atom stereocenters. The van der Waals surface area contributed by atoms with Gasteiger partial charge in [-0.15, -0.1) is 11.6 Å². The zero-order valence-corrected chi connectivity index (χ0v) is 31.9. The van der Waals surface area contributed by atoms with E-state index in [4.69, 9.17) is 22.7 Å². The van der Waals surface area contributed by atoms with Crippen LogP contribution in [0.5, 0.6) is 0 Å². The van der Waals surface area contributed by atoms with E-state index in [9.17, 15) is 0 Å². The van der Waals surface area contributed by atoms with Crippen molar-refractivity contribution < 1.29 is 0 Å². The van der Waals surface area contributed by atoms with E-state index in [0.717, 1.165) is 5.88 Å². The molecule has 0 amide bonds. The van der Waals surface area contributed by atoms with Gasteiger partial charge in [0.1, 0.15) is 7.38 Å². The summed E-state index contributed by atoms with van der Waals surface area (Å²) in [6, 6.07) is 1.30. The summed E-state index contributed by atoms with van der Waals surface area (Å²) in [7, 11) is -1.31. The molecule has 0 spiro atoms. The van der Waals surface area contributed by atoms with Crippen LogP contribution in [0, 0.1) is 0 Å². The van der Waals surface area contributed by atoms with Crippen LogP contribution >= 0.6 is 22.7 Å². The maximum Gasteiger partial charge on any atom is 0.150 e. The van der Waals surface area contributed by atoms with Gasteiger partial charge in [0.05, 0.1) is 0 Å². The third kappa shape index (κ3) is 40.8. The molecular formula is C39H80Cl2Si. The number of hydrogen-bond acceptors (Lipinski definition) is 0. The average molecular weight is 648 g/mol. The molecule has 3 heteroatoms. The zero-order valence-electron chi connectivity index (χ0n) is 29.4. The molecule has 0 fully saturated rings. The summed E-state index contributed by atoms with van der Waals surface area (Å²) in [5, 5.41) is 0. The average Bonchev–Trinajstić information content (AvgIpc) is 2.96. The smallest absolute Gasteiger partial charge is 0.150 e. The van der Waals surface area contributed by atoms with E-state index in [1.54, 1.807) is 0 Å². The van der Waals surface area contributed by atoms with Crippen molar-refractivity contribution in [2.45, 2.75) is 244 Å². The van der Waals surface area contributed by atoms with Crippen LogP contribution in [0.4, 0.5) is 0 Å². The third-order valence-electron chi connectivity index (χ3n) is 9.40. The topological polar surface area (TPSA) is 0 Å². The molecule has 42 heavy (non-hydrogen) atoms. The lowest BCUT2D eigenvalue weighted by atomic mass is 10.0. The van der Waals surface area contributed by atoms with E-state index in [1.165, 1.54) is 231 Å². The Morgan fingerprint density at radius 2 is 0.405 bits per heavy atom. The lowest BCUT2D eigenvalue weighted by Gasteiger charge is -2.11. The third-order valence-corrected chi connectivity index (χ3v) is 11.8. The Morgan fingerprint density at radius 1 is 0.262 bits per heavy atom. The summed E-state index contributed by atoms with van der Waals surface area (Å²) in [6.07, 6.45) is 50.9. The molecule has 0 rings (SSSR count). The second kappa shape index (κ2) is 36.3. The number of alkyl halides is 1. The largest absolute Gasteiger partial charge is 0.168 e. The van der Waals surface area contributed by atoms with Gasteiger partial charge in [-0.3, -0.25) is 0 Å². The Hall–Kier alpha value is 0.797. The molecule has 0 aromatic heterocycles. The number of rotatable bonds is 37. The SMILES string of the molecule is C[Si](C)(Cl)CCCCCCCCCCCCCCCCCCCCCCCCCCCCCCCCCCCCCCl. The molecule has 0 saturated carbocycles. The normalized spacial score (nSPS) is 12.0. The van der Waals surface area contributed by atoms with Crippen molar-refractivity contribution in [3.63, 3.8) is 0 Å². The second-order valence-electron chi connectivity index (χ2n) is 14.5. The molecule has 254 valence electrons. The zero-order chi connectivity index (χ0) is 30.7. The summed E-state index contributed by atoms with van der Waals surface area (Å²) in [6.45, 7) is 4.55. The summed E-state index contributed by atoms with van der Waals surface area (Å²) in [5.41, 5.74) is 0. The van der Waals surface area contributed by atoms with Gasteiger partial charge in [-0.25, -0.2) is 0 Å². The standard InChI is InChI=1S/C39H80Cl2Si/c1-42(2,41)39-37-35-33-31-29-27-25-23-21-19-17-15-13-11-9-7-5-3-4-6-8-10-12-14-16-18-20-22-24-26-28-30-32-34-36-38-40/h3-39H2,1-2H3. The van der Waals surface area contributed by atoms with Gasteiger partial charge in [-0.2, -0.15) is 11.1 Å². The first-order valence-electron chi connectivity index (χ1n) is 19.8. The molecule has 0 aliphatic heterocycles. The molecule has 0 aliphatic carbocycles. The van der Waals surface area contributed by atoms with E-state index >= 15 is 0 Å². The van der Waals surface area contributed by atoms with Crippen LogP contribution in [0.2, 0.25) is 19.1 Å². The molecule has 0 N–H and O–H groups in total. The molecule has 0 unspecified atom stereocenters. The summed E-state index contributed by atoms with van der Waals surface area (Å²) in [4.78, 5) is 0. The van der Waals surface area contributed by atoms with Crippen molar-refractivity contribution in [3.8, 4) is 0 Å². The van der Waals surface area contributed by atoms with Gasteiger partial charge >= 0.3 is 0 Å². The van der Waals surface area contributed by atoms with Crippen LogP contribution in [-0.4, -0.2) is 13.3 Å². The molecular weight excluding hydrogens is 567 g/mol. The fourth-order valence-electron chi connectivity index (χ4n) is 6.47. The molecule has 0 aliphatic rings. The van der Waals surface area contributed by atoms with Crippen molar-refractivity contribution in [1.82, 2.24) is 0 Å². The first kappa shape index (κ1) is 42.8. The van der Waals surface area contributed by atoms with E-state index in [1.807, 2.05) is 0 Å². The molecule has 0 heterocycles. The van der Waals surface area contributed by atoms with Gasteiger partial charge in [0.2, 0.25) is 0 Å². The molecule has 0 saturated heterocycles. The minimum atomic E-state index is -1.31. The Bertz CT molecular complexity index is 475. The Kier molecular flexibility index (Phi) is 37.0. The van der Waals surface area contributed by atoms with Crippen LogP contribution in [0.25, 0.3) is 0 Å². The number of halogens is 2. The van der Waals surface area contributed by atoms with Crippen molar-refractivity contribution >= 4 is 30.1 Å². The maximum atomic E-state index is 6.40. The highest BCUT2D eigenvalue weighted by Gasteiger charge is 2.15. The molecule has 0 radical (unpaired) electrons.